The van der Waals surface area contributed by atoms with Crippen LogP contribution in [-0.2, 0) is 4.74 Å². The summed E-state index contributed by atoms with van der Waals surface area (Å²) >= 11 is 3.39. The Morgan fingerprint density at radius 2 is 1.84 bits per heavy atom. The second-order valence-corrected chi connectivity index (χ2v) is 12.5. The third-order valence-corrected chi connectivity index (χ3v) is 9.17. The summed E-state index contributed by atoms with van der Waals surface area (Å²) in [5.41, 5.74) is 0.719. The van der Waals surface area contributed by atoms with Gasteiger partial charge in [-0.3, -0.25) is 5.32 Å². The van der Waals surface area contributed by atoms with Crippen molar-refractivity contribution in [2.45, 2.75) is 91.6 Å². The Kier molecular flexibility index (Phi) is 8.02. The number of anilines is 1. The lowest BCUT2D eigenvalue weighted by molar-refractivity contribution is -0.170. The minimum atomic E-state index is -0.584. The number of amides is 1. The molecule has 1 amide bonds. The van der Waals surface area contributed by atoms with Crippen molar-refractivity contribution in [1.82, 2.24) is 0 Å². The predicted octanol–water partition coefficient (Wildman–Crippen LogP) is 7.80. The van der Waals surface area contributed by atoms with Crippen LogP contribution >= 0.6 is 15.9 Å². The van der Waals surface area contributed by atoms with Gasteiger partial charge in [0.25, 0.3) is 0 Å². The van der Waals surface area contributed by atoms with Gasteiger partial charge in [0, 0.05) is 10.2 Å². The fourth-order valence-corrected chi connectivity index (χ4v) is 7.17. The minimum Gasteiger partial charge on any atom is -0.449 e. The molecule has 5 heteroatoms. The number of nitrogens with one attached hydrogen (secondary N) is 1. The van der Waals surface area contributed by atoms with Gasteiger partial charge in [-0.2, -0.15) is 0 Å². The molecule has 5 atom stereocenters. The molecule has 0 bridgehead atoms. The lowest BCUT2D eigenvalue weighted by atomic mass is 9.45. The molecular formula is C27H42BrNO3. The van der Waals surface area contributed by atoms with Crippen molar-refractivity contribution in [2.75, 3.05) is 11.9 Å². The number of rotatable bonds is 7. The van der Waals surface area contributed by atoms with E-state index in [1.165, 1.54) is 19.3 Å². The first-order valence-corrected chi connectivity index (χ1v) is 13.1. The molecule has 0 unspecified atom stereocenters. The van der Waals surface area contributed by atoms with E-state index in [0.717, 1.165) is 42.3 Å². The van der Waals surface area contributed by atoms with E-state index in [4.69, 9.17) is 4.74 Å². The Balaban J connectivity index is 1.49. The number of aliphatic hydroxyl groups is 1. The first-order valence-electron chi connectivity index (χ1n) is 12.4. The molecule has 2 fully saturated rings. The Hall–Kier alpha value is -1.07. The zero-order valence-electron chi connectivity index (χ0n) is 20.5. The molecule has 1 aromatic rings. The average Bonchev–Trinajstić information content (AvgIpc) is 2.68. The number of hydrogen-bond donors (Lipinski definition) is 2. The third-order valence-electron chi connectivity index (χ3n) is 8.64. The molecular weight excluding hydrogens is 466 g/mol. The van der Waals surface area contributed by atoms with Gasteiger partial charge in [-0.05, 0) is 98.3 Å². The van der Waals surface area contributed by atoms with E-state index >= 15 is 0 Å². The third kappa shape index (κ3) is 5.88. The SMILES string of the molecule is C[C@@H](CCOC(=O)Nc1ccc(Br)cc1)CC[C@@H]1[C@@]2(C)CCCC(C)(C)[C@@H]2CC[C@@]1(C)O. The normalized spacial score (nSPS) is 32.6. The summed E-state index contributed by atoms with van der Waals surface area (Å²) in [6, 6.07) is 7.45. The molecule has 4 nitrogen and oxygen atoms in total. The van der Waals surface area contributed by atoms with Crippen molar-refractivity contribution in [3.05, 3.63) is 28.7 Å². The monoisotopic (exact) mass is 507 g/mol. The van der Waals surface area contributed by atoms with Gasteiger partial charge in [0.1, 0.15) is 0 Å². The molecule has 3 rings (SSSR count). The van der Waals surface area contributed by atoms with Gasteiger partial charge >= 0.3 is 6.09 Å². The second kappa shape index (κ2) is 10.0. The average molecular weight is 509 g/mol. The van der Waals surface area contributed by atoms with Gasteiger partial charge in [0.15, 0.2) is 0 Å². The van der Waals surface area contributed by atoms with Crippen LogP contribution in [0.2, 0.25) is 0 Å². The van der Waals surface area contributed by atoms with Gasteiger partial charge in [-0.1, -0.05) is 56.5 Å². The molecule has 32 heavy (non-hydrogen) atoms. The Labute approximate surface area is 203 Å². The first-order chi connectivity index (χ1) is 14.9. The van der Waals surface area contributed by atoms with Crippen LogP contribution < -0.4 is 5.32 Å². The van der Waals surface area contributed by atoms with Crippen LogP contribution in [0.4, 0.5) is 10.5 Å². The Morgan fingerprint density at radius 1 is 1.16 bits per heavy atom. The fourth-order valence-electron chi connectivity index (χ4n) is 6.90. The van der Waals surface area contributed by atoms with Gasteiger partial charge in [-0.15, -0.1) is 0 Å². The maximum atomic E-state index is 12.1. The van der Waals surface area contributed by atoms with Gasteiger partial charge < -0.3 is 9.84 Å². The topological polar surface area (TPSA) is 58.6 Å². The maximum absolute atomic E-state index is 12.1. The van der Waals surface area contributed by atoms with E-state index in [-0.39, 0.29) is 5.41 Å². The molecule has 0 spiro atoms. The fraction of sp³-hybridized carbons (Fsp3) is 0.741. The molecule has 2 saturated carbocycles. The molecule has 1 aromatic carbocycles. The zero-order chi connectivity index (χ0) is 23.6. The van der Waals surface area contributed by atoms with Crippen molar-refractivity contribution in [2.24, 2.45) is 28.6 Å². The van der Waals surface area contributed by atoms with E-state index in [1.54, 1.807) is 0 Å². The van der Waals surface area contributed by atoms with E-state index in [2.05, 4.69) is 55.9 Å². The van der Waals surface area contributed by atoms with E-state index in [0.29, 0.717) is 29.8 Å². The number of hydrogen-bond acceptors (Lipinski definition) is 3. The Bertz CT molecular complexity index is 776. The highest BCUT2D eigenvalue weighted by Crippen LogP contribution is 2.63. The van der Waals surface area contributed by atoms with Gasteiger partial charge in [0.2, 0.25) is 0 Å². The van der Waals surface area contributed by atoms with E-state index < -0.39 is 11.7 Å². The molecule has 2 N–H and O–H groups in total. The van der Waals surface area contributed by atoms with Gasteiger partial charge in [-0.25, -0.2) is 4.79 Å². The highest BCUT2D eigenvalue weighted by atomic mass is 79.9. The summed E-state index contributed by atoms with van der Waals surface area (Å²) in [5, 5.41) is 14.1. The first kappa shape index (κ1) is 25.6. The molecule has 2 aliphatic rings. The molecule has 2 aliphatic carbocycles. The van der Waals surface area contributed by atoms with Crippen molar-refractivity contribution >= 4 is 27.7 Å². The minimum absolute atomic E-state index is 0.213. The predicted molar refractivity (Wildman–Crippen MR) is 135 cm³/mol. The summed E-state index contributed by atoms with van der Waals surface area (Å²) in [5.74, 6) is 1.47. The second-order valence-electron chi connectivity index (χ2n) is 11.6. The van der Waals surface area contributed by atoms with E-state index in [9.17, 15) is 9.90 Å². The van der Waals surface area contributed by atoms with Crippen LogP contribution in [-0.4, -0.2) is 23.4 Å². The van der Waals surface area contributed by atoms with Crippen LogP contribution in [0.1, 0.15) is 86.0 Å². The highest BCUT2D eigenvalue weighted by Gasteiger charge is 2.57. The van der Waals surface area contributed by atoms with Crippen molar-refractivity contribution < 1.29 is 14.6 Å². The lowest BCUT2D eigenvalue weighted by Crippen LogP contribution is -2.57. The quantitative estimate of drug-likeness (QED) is 0.395. The summed E-state index contributed by atoms with van der Waals surface area (Å²) in [6.07, 6.45) is 8.39. The van der Waals surface area contributed by atoms with Crippen LogP contribution in [0.5, 0.6) is 0 Å². The molecule has 0 aliphatic heterocycles. The van der Waals surface area contributed by atoms with Crippen molar-refractivity contribution in [3.8, 4) is 0 Å². The van der Waals surface area contributed by atoms with Crippen molar-refractivity contribution in [3.63, 3.8) is 0 Å². The molecule has 0 heterocycles. The number of fused-ring (bicyclic) bond motifs is 1. The standard InChI is InChI=1S/C27H42BrNO3/c1-19(14-18-32-24(30)29-21-10-8-20(28)9-11-21)7-12-23-26(4)16-6-15-25(2,3)22(26)13-17-27(23,5)31/h8-11,19,22-23,31H,6-7,12-18H2,1-5H3,(H,29,30)/t19-,22+,23-,26+,27-/m1/s1. The zero-order valence-corrected chi connectivity index (χ0v) is 22.1. The maximum Gasteiger partial charge on any atom is 0.411 e. The van der Waals surface area contributed by atoms with Crippen molar-refractivity contribution in [1.29, 1.82) is 0 Å². The molecule has 0 aromatic heterocycles. The van der Waals surface area contributed by atoms with Crippen LogP contribution in [0.15, 0.2) is 28.7 Å². The van der Waals surface area contributed by atoms with E-state index in [1.807, 2.05) is 24.3 Å². The summed E-state index contributed by atoms with van der Waals surface area (Å²) in [4.78, 5) is 12.1. The number of halogens is 1. The number of carbonyl (C=O) groups is 1. The lowest BCUT2D eigenvalue weighted by Gasteiger charge is -2.61. The van der Waals surface area contributed by atoms with Gasteiger partial charge in [0.05, 0.1) is 12.2 Å². The van der Waals surface area contributed by atoms with Crippen LogP contribution in [0, 0.1) is 28.6 Å². The largest absolute Gasteiger partial charge is 0.449 e. The summed E-state index contributed by atoms with van der Waals surface area (Å²) in [7, 11) is 0. The summed E-state index contributed by atoms with van der Waals surface area (Å²) < 4.78 is 6.37. The smallest absolute Gasteiger partial charge is 0.411 e. The Morgan fingerprint density at radius 3 is 2.53 bits per heavy atom. The molecule has 180 valence electrons. The molecule has 0 radical (unpaired) electrons. The number of carbonyl (C=O) groups excluding carboxylic acids is 1. The summed E-state index contributed by atoms with van der Waals surface area (Å²) in [6.45, 7) is 12.0. The number of ether oxygens (including phenoxy) is 1. The highest BCUT2D eigenvalue weighted by molar-refractivity contribution is 9.10. The van der Waals surface area contributed by atoms with Crippen LogP contribution in [0.3, 0.4) is 0 Å². The molecule has 0 saturated heterocycles. The van der Waals surface area contributed by atoms with Crippen LogP contribution in [0.25, 0.3) is 0 Å². The number of benzene rings is 1.